The van der Waals surface area contributed by atoms with Crippen LogP contribution in [0.4, 0.5) is 27.8 Å². The number of anilines is 1. The largest absolute Gasteiger partial charge is 0.480 e. The van der Waals surface area contributed by atoms with Gasteiger partial charge in [0.25, 0.3) is 5.92 Å². The Morgan fingerprint density at radius 2 is 1.69 bits per heavy atom. The van der Waals surface area contributed by atoms with Gasteiger partial charge < -0.3 is 14.2 Å². The first kappa shape index (κ1) is 29.0. The lowest BCUT2D eigenvalue weighted by molar-refractivity contribution is -0.140. The van der Waals surface area contributed by atoms with Crippen LogP contribution < -0.4 is 9.64 Å². The molecule has 4 heterocycles. The number of ether oxygens (including phenoxy) is 1. The van der Waals surface area contributed by atoms with E-state index in [-0.39, 0.29) is 11.7 Å². The molecule has 0 spiro atoms. The third-order valence-electron chi connectivity index (χ3n) is 8.59. The molecule has 2 aliphatic rings. The molecule has 7 rings (SSSR count). The quantitative estimate of drug-likeness (QED) is 0.207. The summed E-state index contributed by atoms with van der Waals surface area (Å²) in [5.41, 5.74) is 0.997. The number of methoxy groups -OCH3 is 1. The van der Waals surface area contributed by atoms with Crippen LogP contribution in [0.2, 0.25) is 0 Å². The van der Waals surface area contributed by atoms with E-state index in [0.717, 1.165) is 24.7 Å². The molecule has 0 radical (unpaired) electrons. The summed E-state index contributed by atoms with van der Waals surface area (Å²) in [7, 11) is 6.40. The first-order chi connectivity index (χ1) is 21.3. The Balaban J connectivity index is 1.34. The van der Waals surface area contributed by atoms with Crippen LogP contribution in [-0.4, -0.2) is 59.3 Å². The average Bonchev–Trinajstić information content (AvgIpc) is 3.64. The third-order valence-corrected chi connectivity index (χ3v) is 8.59. The molecule has 234 valence electrons. The van der Waals surface area contributed by atoms with Crippen molar-refractivity contribution in [2.45, 2.75) is 49.2 Å². The Labute approximate surface area is 253 Å². The highest BCUT2D eigenvalue weighted by atomic mass is 19.4. The van der Waals surface area contributed by atoms with E-state index in [1.807, 2.05) is 0 Å². The zero-order chi connectivity index (χ0) is 31.9. The molecular weight excluding hydrogens is 597 g/mol. The third kappa shape index (κ3) is 4.84. The van der Waals surface area contributed by atoms with E-state index in [1.165, 1.54) is 25.1 Å². The number of aromatic nitrogens is 8. The highest BCUT2D eigenvalue weighted by Gasteiger charge is 2.60. The van der Waals surface area contributed by atoms with E-state index < -0.39 is 36.2 Å². The van der Waals surface area contributed by atoms with Gasteiger partial charge in [-0.15, -0.1) is 0 Å². The maximum absolute atomic E-state index is 14.8. The van der Waals surface area contributed by atoms with Gasteiger partial charge in [0.2, 0.25) is 5.88 Å². The van der Waals surface area contributed by atoms with E-state index in [0.29, 0.717) is 45.2 Å². The number of rotatable bonds is 7. The predicted molar refractivity (Wildman–Crippen MR) is 154 cm³/mol. The fraction of sp³-hybridized carbons (Fsp3) is 0.400. The lowest BCUT2D eigenvalue weighted by Crippen LogP contribution is -2.59. The van der Waals surface area contributed by atoms with Crippen LogP contribution in [-0.2, 0) is 25.8 Å². The standard InChI is InChI=1S/C30H28F5N9O/c1-42-12-20(30(33,34)35)39-25(42)17-7-9-18(10-8-17)28(13-29(31,32)14-28)44(3)26-23-19(11-43(2)41-23)38-24(40-26)21-22(16-5-6-16)36-15-37-27(21)45-4/h7-12,15-16H,5-6,13-14H2,1-4H3. The number of alkyl halides is 5. The Kier molecular flexibility index (Phi) is 6.39. The van der Waals surface area contributed by atoms with Gasteiger partial charge in [-0.2, -0.15) is 18.3 Å². The minimum atomic E-state index is -4.59. The zero-order valence-electron chi connectivity index (χ0n) is 24.8. The molecule has 15 heteroatoms. The molecule has 0 unspecified atom stereocenters. The Morgan fingerprint density at radius 1 is 0.978 bits per heavy atom. The Hall–Kier alpha value is -4.69. The molecule has 4 aromatic heterocycles. The molecule has 10 nitrogen and oxygen atoms in total. The predicted octanol–water partition coefficient (Wildman–Crippen LogP) is 5.89. The van der Waals surface area contributed by atoms with Crippen molar-refractivity contribution < 1.29 is 26.7 Å². The van der Waals surface area contributed by atoms with Gasteiger partial charge in [-0.1, -0.05) is 24.3 Å². The summed E-state index contributed by atoms with van der Waals surface area (Å²) in [6.45, 7) is 0. The second-order valence-corrected chi connectivity index (χ2v) is 11.8. The molecular formula is C30H28F5N9O. The van der Waals surface area contributed by atoms with E-state index >= 15 is 0 Å². The molecule has 5 aromatic rings. The summed E-state index contributed by atoms with van der Waals surface area (Å²) in [5.74, 6) is -1.68. The number of benzene rings is 1. The zero-order valence-corrected chi connectivity index (χ0v) is 24.8. The van der Waals surface area contributed by atoms with E-state index in [4.69, 9.17) is 14.7 Å². The lowest BCUT2D eigenvalue weighted by atomic mass is 9.67. The molecule has 0 atom stereocenters. The van der Waals surface area contributed by atoms with E-state index in [1.54, 1.807) is 54.1 Å². The van der Waals surface area contributed by atoms with Crippen molar-refractivity contribution in [2.75, 3.05) is 19.1 Å². The van der Waals surface area contributed by atoms with Gasteiger partial charge in [-0.25, -0.2) is 33.7 Å². The molecule has 0 aliphatic heterocycles. The highest BCUT2D eigenvalue weighted by molar-refractivity contribution is 5.88. The normalized spacial score (nSPS) is 17.4. The molecule has 0 N–H and O–H groups in total. The summed E-state index contributed by atoms with van der Waals surface area (Å²) >= 11 is 0. The monoisotopic (exact) mass is 625 g/mol. The second-order valence-electron chi connectivity index (χ2n) is 11.8. The number of imidazole rings is 1. The van der Waals surface area contributed by atoms with Gasteiger partial charge in [0, 0.05) is 51.7 Å². The number of halogens is 5. The van der Waals surface area contributed by atoms with Crippen LogP contribution in [0.1, 0.15) is 48.6 Å². The summed E-state index contributed by atoms with van der Waals surface area (Å²) in [6.07, 6.45) is 0.391. The molecule has 0 bridgehead atoms. The summed E-state index contributed by atoms with van der Waals surface area (Å²) in [6, 6.07) is 6.50. The van der Waals surface area contributed by atoms with Crippen molar-refractivity contribution in [3.05, 3.63) is 59.9 Å². The maximum atomic E-state index is 14.8. The highest BCUT2D eigenvalue weighted by Crippen LogP contribution is 2.56. The molecule has 0 amide bonds. The van der Waals surface area contributed by atoms with Crippen molar-refractivity contribution in [1.29, 1.82) is 0 Å². The van der Waals surface area contributed by atoms with Crippen LogP contribution in [0.5, 0.6) is 5.88 Å². The molecule has 2 fully saturated rings. The number of aryl methyl sites for hydroxylation is 2. The molecule has 0 saturated heterocycles. The van der Waals surface area contributed by atoms with Gasteiger partial charge in [-0.05, 0) is 18.4 Å². The first-order valence-electron chi connectivity index (χ1n) is 14.2. The fourth-order valence-electron chi connectivity index (χ4n) is 6.21. The minimum Gasteiger partial charge on any atom is -0.480 e. The van der Waals surface area contributed by atoms with E-state index in [9.17, 15) is 22.0 Å². The maximum Gasteiger partial charge on any atom is 0.434 e. The average molecular weight is 626 g/mol. The van der Waals surface area contributed by atoms with Gasteiger partial charge >= 0.3 is 6.18 Å². The van der Waals surface area contributed by atoms with Crippen LogP contribution >= 0.6 is 0 Å². The summed E-state index contributed by atoms with van der Waals surface area (Å²) < 4.78 is 77.8. The number of fused-ring (bicyclic) bond motifs is 1. The molecule has 2 saturated carbocycles. The van der Waals surface area contributed by atoms with Crippen LogP contribution in [0.15, 0.2) is 43.0 Å². The lowest BCUT2D eigenvalue weighted by Gasteiger charge is -2.53. The second kappa shape index (κ2) is 9.91. The van der Waals surface area contributed by atoms with Crippen LogP contribution in [0, 0.1) is 0 Å². The molecule has 1 aromatic carbocycles. The smallest absolute Gasteiger partial charge is 0.434 e. The molecule has 2 aliphatic carbocycles. The van der Waals surface area contributed by atoms with Crippen LogP contribution in [0.25, 0.3) is 33.8 Å². The summed E-state index contributed by atoms with van der Waals surface area (Å²) in [4.78, 5) is 23.9. The first-order valence-corrected chi connectivity index (χ1v) is 14.2. The van der Waals surface area contributed by atoms with Gasteiger partial charge in [0.1, 0.15) is 23.2 Å². The Morgan fingerprint density at radius 3 is 2.29 bits per heavy atom. The number of hydrogen-bond acceptors (Lipinski definition) is 8. The Bertz CT molecular complexity index is 1920. The van der Waals surface area contributed by atoms with Crippen molar-refractivity contribution in [3.63, 3.8) is 0 Å². The van der Waals surface area contributed by atoms with E-state index in [2.05, 4.69) is 20.1 Å². The van der Waals surface area contributed by atoms with Gasteiger partial charge in [-0.3, -0.25) is 4.68 Å². The van der Waals surface area contributed by atoms with Gasteiger partial charge in [0.15, 0.2) is 22.9 Å². The summed E-state index contributed by atoms with van der Waals surface area (Å²) in [5, 5.41) is 4.57. The van der Waals surface area contributed by atoms with Crippen molar-refractivity contribution in [2.24, 2.45) is 14.1 Å². The van der Waals surface area contributed by atoms with Crippen molar-refractivity contribution in [1.82, 2.24) is 39.3 Å². The SMILES string of the molecule is COc1ncnc(C2CC2)c1-c1nc(N(C)C2(c3ccc(-c4nc(C(F)(F)F)cn4C)cc3)CC(F)(F)C2)c2nn(C)cc2n1. The van der Waals surface area contributed by atoms with Crippen molar-refractivity contribution >= 4 is 16.9 Å². The topological polar surface area (TPSA) is 99.7 Å². The molecule has 45 heavy (non-hydrogen) atoms. The number of nitrogens with zero attached hydrogens (tertiary/aromatic N) is 9. The minimum absolute atomic E-state index is 0.108. The fourth-order valence-corrected chi connectivity index (χ4v) is 6.21. The van der Waals surface area contributed by atoms with Gasteiger partial charge in [0.05, 0.1) is 24.5 Å². The number of hydrogen-bond donors (Lipinski definition) is 0. The van der Waals surface area contributed by atoms with Crippen LogP contribution in [0.3, 0.4) is 0 Å². The van der Waals surface area contributed by atoms with Crippen molar-refractivity contribution in [3.8, 4) is 28.7 Å².